The standard InChI is InChI=1S/C18H23N3O/c1-15-4-3-5-17(12-15)20-8-10-21(11-9-20)18(22)13-16-6-7-19(2)14-16/h3-7,12,14H,8-11,13H2,1-2H3. The predicted molar refractivity (Wildman–Crippen MR) is 89.1 cm³/mol. The van der Waals surface area contributed by atoms with Gasteiger partial charge in [-0.1, -0.05) is 12.1 Å². The third kappa shape index (κ3) is 3.32. The summed E-state index contributed by atoms with van der Waals surface area (Å²) in [6.45, 7) is 5.54. The molecular formula is C18H23N3O. The largest absolute Gasteiger partial charge is 0.368 e. The first-order chi connectivity index (χ1) is 10.6. The number of amides is 1. The van der Waals surface area contributed by atoms with Gasteiger partial charge in [0.1, 0.15) is 0 Å². The Hall–Kier alpha value is -2.23. The molecule has 1 amide bonds. The molecule has 0 N–H and O–H groups in total. The van der Waals surface area contributed by atoms with E-state index in [1.54, 1.807) is 0 Å². The minimum atomic E-state index is 0.232. The minimum Gasteiger partial charge on any atom is -0.368 e. The number of hydrogen-bond donors (Lipinski definition) is 0. The molecule has 3 rings (SSSR count). The fourth-order valence-corrected chi connectivity index (χ4v) is 2.99. The van der Waals surface area contributed by atoms with E-state index in [1.165, 1.54) is 11.3 Å². The summed E-state index contributed by atoms with van der Waals surface area (Å²) in [5.41, 5.74) is 3.63. The van der Waals surface area contributed by atoms with Crippen molar-refractivity contribution in [3.63, 3.8) is 0 Å². The Kier molecular flexibility index (Phi) is 4.18. The van der Waals surface area contributed by atoms with Crippen LogP contribution in [0.15, 0.2) is 42.7 Å². The van der Waals surface area contributed by atoms with Crippen molar-refractivity contribution >= 4 is 11.6 Å². The molecule has 22 heavy (non-hydrogen) atoms. The number of benzene rings is 1. The van der Waals surface area contributed by atoms with E-state index in [4.69, 9.17) is 0 Å². The van der Waals surface area contributed by atoms with Crippen LogP contribution in [-0.4, -0.2) is 41.6 Å². The zero-order valence-corrected chi connectivity index (χ0v) is 13.3. The van der Waals surface area contributed by atoms with Gasteiger partial charge in [0.05, 0.1) is 6.42 Å². The molecule has 1 aliphatic heterocycles. The van der Waals surface area contributed by atoms with Crippen LogP contribution in [0.3, 0.4) is 0 Å². The van der Waals surface area contributed by atoms with E-state index in [0.717, 1.165) is 31.7 Å². The summed E-state index contributed by atoms with van der Waals surface area (Å²) >= 11 is 0. The van der Waals surface area contributed by atoms with Crippen LogP contribution < -0.4 is 4.90 Å². The van der Waals surface area contributed by atoms with Gasteiger partial charge in [0.25, 0.3) is 0 Å². The molecule has 4 nitrogen and oxygen atoms in total. The molecule has 0 radical (unpaired) electrons. The van der Waals surface area contributed by atoms with Crippen LogP contribution in [0.4, 0.5) is 5.69 Å². The fourth-order valence-electron chi connectivity index (χ4n) is 2.99. The summed E-state index contributed by atoms with van der Waals surface area (Å²) in [6, 6.07) is 10.6. The minimum absolute atomic E-state index is 0.232. The number of anilines is 1. The van der Waals surface area contributed by atoms with Crippen LogP contribution in [0.1, 0.15) is 11.1 Å². The summed E-state index contributed by atoms with van der Waals surface area (Å²) in [6.07, 6.45) is 4.50. The molecule has 4 heteroatoms. The maximum Gasteiger partial charge on any atom is 0.227 e. The summed E-state index contributed by atoms with van der Waals surface area (Å²) in [5.74, 6) is 0.232. The van der Waals surface area contributed by atoms with Gasteiger partial charge in [-0.3, -0.25) is 4.79 Å². The molecule has 1 aliphatic rings. The molecule has 116 valence electrons. The van der Waals surface area contributed by atoms with Gasteiger partial charge in [-0.05, 0) is 36.2 Å². The Balaban J connectivity index is 1.56. The molecule has 0 bridgehead atoms. The van der Waals surface area contributed by atoms with Gasteiger partial charge in [0.2, 0.25) is 5.91 Å². The molecule has 1 aromatic carbocycles. The number of aromatic nitrogens is 1. The lowest BCUT2D eigenvalue weighted by Gasteiger charge is -2.36. The van der Waals surface area contributed by atoms with E-state index in [1.807, 2.05) is 35.0 Å². The molecular weight excluding hydrogens is 274 g/mol. The number of rotatable bonds is 3. The molecule has 0 saturated carbocycles. The average Bonchev–Trinajstić information content (AvgIpc) is 2.92. The average molecular weight is 297 g/mol. The smallest absolute Gasteiger partial charge is 0.227 e. The van der Waals surface area contributed by atoms with Gasteiger partial charge in [-0.2, -0.15) is 0 Å². The highest BCUT2D eigenvalue weighted by molar-refractivity contribution is 5.79. The second-order valence-electron chi connectivity index (χ2n) is 6.07. The summed E-state index contributed by atoms with van der Waals surface area (Å²) < 4.78 is 1.98. The lowest BCUT2D eigenvalue weighted by molar-refractivity contribution is -0.130. The predicted octanol–water partition coefficient (Wildman–Crippen LogP) is 2.22. The van der Waals surface area contributed by atoms with E-state index in [0.29, 0.717) is 6.42 Å². The molecule has 0 spiro atoms. The summed E-state index contributed by atoms with van der Waals surface area (Å²) in [4.78, 5) is 16.7. The second kappa shape index (κ2) is 6.26. The molecule has 2 aromatic rings. The first kappa shape index (κ1) is 14.7. The maximum atomic E-state index is 12.4. The molecule has 0 unspecified atom stereocenters. The highest BCUT2D eigenvalue weighted by Crippen LogP contribution is 2.18. The van der Waals surface area contributed by atoms with Crippen LogP contribution in [0.5, 0.6) is 0 Å². The van der Waals surface area contributed by atoms with E-state index in [9.17, 15) is 4.79 Å². The summed E-state index contributed by atoms with van der Waals surface area (Å²) in [5, 5.41) is 0. The van der Waals surface area contributed by atoms with E-state index >= 15 is 0 Å². The SMILES string of the molecule is Cc1cccc(N2CCN(C(=O)Cc3ccn(C)c3)CC2)c1. The van der Waals surface area contributed by atoms with Crippen molar-refractivity contribution in [3.05, 3.63) is 53.9 Å². The lowest BCUT2D eigenvalue weighted by atomic mass is 10.1. The molecule has 1 aromatic heterocycles. The highest BCUT2D eigenvalue weighted by Gasteiger charge is 2.21. The summed E-state index contributed by atoms with van der Waals surface area (Å²) in [7, 11) is 1.98. The number of hydrogen-bond acceptors (Lipinski definition) is 2. The normalized spacial score (nSPS) is 15.2. The molecule has 1 saturated heterocycles. The number of carbonyl (C=O) groups excluding carboxylic acids is 1. The topological polar surface area (TPSA) is 28.5 Å². The molecule has 2 heterocycles. The zero-order valence-electron chi connectivity index (χ0n) is 13.3. The van der Waals surface area contributed by atoms with E-state index in [-0.39, 0.29) is 5.91 Å². The number of piperazine rings is 1. The van der Waals surface area contributed by atoms with Gasteiger partial charge in [0.15, 0.2) is 0 Å². The second-order valence-corrected chi connectivity index (χ2v) is 6.07. The Morgan fingerprint density at radius 3 is 2.55 bits per heavy atom. The van der Waals surface area contributed by atoms with Crippen LogP contribution in [0.25, 0.3) is 0 Å². The van der Waals surface area contributed by atoms with Crippen molar-refractivity contribution in [2.75, 3.05) is 31.1 Å². The van der Waals surface area contributed by atoms with Crippen LogP contribution >= 0.6 is 0 Å². The van der Waals surface area contributed by atoms with Gasteiger partial charge in [-0.25, -0.2) is 0 Å². The third-order valence-electron chi connectivity index (χ3n) is 4.25. The monoisotopic (exact) mass is 297 g/mol. The number of carbonyl (C=O) groups is 1. The van der Waals surface area contributed by atoms with Gasteiger partial charge < -0.3 is 14.4 Å². The van der Waals surface area contributed by atoms with Crippen LogP contribution in [0, 0.1) is 6.92 Å². The van der Waals surface area contributed by atoms with Crippen molar-refractivity contribution in [3.8, 4) is 0 Å². The van der Waals surface area contributed by atoms with Gasteiger partial charge in [0, 0.05) is 51.3 Å². The van der Waals surface area contributed by atoms with Crippen molar-refractivity contribution in [1.29, 1.82) is 0 Å². The highest BCUT2D eigenvalue weighted by atomic mass is 16.2. The molecule has 0 aliphatic carbocycles. The fraction of sp³-hybridized carbons (Fsp3) is 0.389. The van der Waals surface area contributed by atoms with Crippen molar-refractivity contribution in [2.45, 2.75) is 13.3 Å². The van der Waals surface area contributed by atoms with E-state index in [2.05, 4.69) is 36.1 Å². The Bertz CT molecular complexity index is 654. The van der Waals surface area contributed by atoms with Crippen LogP contribution in [-0.2, 0) is 18.3 Å². The van der Waals surface area contributed by atoms with Crippen LogP contribution in [0.2, 0.25) is 0 Å². The Labute approximate surface area is 132 Å². The Morgan fingerprint density at radius 2 is 1.91 bits per heavy atom. The van der Waals surface area contributed by atoms with Crippen molar-refractivity contribution in [1.82, 2.24) is 9.47 Å². The third-order valence-corrected chi connectivity index (χ3v) is 4.25. The Morgan fingerprint density at radius 1 is 1.14 bits per heavy atom. The maximum absolute atomic E-state index is 12.4. The lowest BCUT2D eigenvalue weighted by Crippen LogP contribution is -2.49. The van der Waals surface area contributed by atoms with Crippen molar-refractivity contribution < 1.29 is 4.79 Å². The van der Waals surface area contributed by atoms with E-state index < -0.39 is 0 Å². The number of aryl methyl sites for hydroxylation is 2. The molecule has 1 fully saturated rings. The first-order valence-corrected chi connectivity index (χ1v) is 7.82. The first-order valence-electron chi connectivity index (χ1n) is 7.82. The zero-order chi connectivity index (χ0) is 15.5. The quantitative estimate of drug-likeness (QED) is 0.869. The number of nitrogens with zero attached hydrogens (tertiary/aromatic N) is 3. The van der Waals surface area contributed by atoms with Gasteiger partial charge >= 0.3 is 0 Å². The molecule has 0 atom stereocenters. The van der Waals surface area contributed by atoms with Crippen molar-refractivity contribution in [2.24, 2.45) is 7.05 Å². The van der Waals surface area contributed by atoms with Gasteiger partial charge in [-0.15, -0.1) is 0 Å².